The van der Waals surface area contributed by atoms with Gasteiger partial charge in [-0.15, -0.1) is 0 Å². The zero-order chi connectivity index (χ0) is 12.3. The topological polar surface area (TPSA) is 63.3 Å². The molecule has 0 aliphatic rings. The van der Waals surface area contributed by atoms with E-state index in [1.807, 2.05) is 0 Å². The van der Waals surface area contributed by atoms with Crippen LogP contribution < -0.4 is 0 Å². The third kappa shape index (κ3) is 2.93. The molecular weight excluding hydrogens is 218 g/mol. The maximum absolute atomic E-state index is 11.8. The average molecular weight is 231 g/mol. The first-order valence-corrected chi connectivity index (χ1v) is 5.36. The van der Waals surface area contributed by atoms with Gasteiger partial charge < -0.3 is 9.63 Å². The minimum absolute atomic E-state index is 0.000185. The number of hydrogen-bond donors (Lipinski definition) is 1. The summed E-state index contributed by atoms with van der Waals surface area (Å²) >= 11 is 0. The van der Waals surface area contributed by atoms with E-state index in [1.165, 1.54) is 0 Å². The number of para-hydroxylation sites is 1. The van der Waals surface area contributed by atoms with Crippen LogP contribution in [0.3, 0.4) is 0 Å². The van der Waals surface area contributed by atoms with Crippen LogP contribution in [-0.2, 0) is 17.6 Å². The summed E-state index contributed by atoms with van der Waals surface area (Å²) in [5, 5.41) is 13.3. The number of benzene rings is 1. The lowest BCUT2D eigenvalue weighted by Crippen LogP contribution is -2.06. The van der Waals surface area contributed by atoms with Crippen molar-refractivity contribution < 1.29 is 14.4 Å². The van der Waals surface area contributed by atoms with E-state index in [0.717, 1.165) is 0 Å². The van der Waals surface area contributed by atoms with Crippen molar-refractivity contribution in [2.24, 2.45) is 0 Å². The number of phenols is 1. The maximum atomic E-state index is 11.8. The molecule has 0 bridgehead atoms. The van der Waals surface area contributed by atoms with Crippen LogP contribution in [0.4, 0.5) is 0 Å². The second-order valence-electron chi connectivity index (χ2n) is 3.95. The molecule has 0 fully saturated rings. The number of Topliss-reactive ketones (excluding diaryl/α,β-unsaturated/α-hetero) is 1. The molecule has 0 radical (unpaired) electrons. The fraction of sp³-hybridized carbons (Fsp3) is 0.231. The molecule has 0 aliphatic carbocycles. The van der Waals surface area contributed by atoms with Crippen LogP contribution in [-0.4, -0.2) is 16.0 Å². The Bertz CT molecular complexity index is 531. The van der Waals surface area contributed by atoms with Gasteiger partial charge in [-0.25, -0.2) is 0 Å². The molecule has 1 N–H and O–H groups in total. The van der Waals surface area contributed by atoms with Gasteiger partial charge in [0.1, 0.15) is 17.3 Å². The van der Waals surface area contributed by atoms with Crippen molar-refractivity contribution in [1.29, 1.82) is 0 Å². The highest BCUT2D eigenvalue weighted by molar-refractivity contribution is 5.83. The van der Waals surface area contributed by atoms with Gasteiger partial charge in [0.15, 0.2) is 0 Å². The van der Waals surface area contributed by atoms with E-state index in [0.29, 0.717) is 17.0 Å². The molecule has 2 aromatic rings. The van der Waals surface area contributed by atoms with Gasteiger partial charge in [0.05, 0.1) is 12.1 Å². The number of nitrogens with zero attached hydrogens (tertiary/aromatic N) is 1. The van der Waals surface area contributed by atoms with Crippen molar-refractivity contribution in [3.8, 4) is 5.75 Å². The minimum atomic E-state index is -0.000185. The molecule has 1 heterocycles. The number of phenolic OH excluding ortho intramolecular Hbond substituents is 1. The molecule has 0 aliphatic heterocycles. The predicted octanol–water partition coefficient (Wildman–Crippen LogP) is 2.04. The number of carbonyl (C=O) groups is 1. The zero-order valence-corrected chi connectivity index (χ0v) is 9.51. The van der Waals surface area contributed by atoms with Gasteiger partial charge in [-0.1, -0.05) is 23.4 Å². The van der Waals surface area contributed by atoms with Crippen molar-refractivity contribution in [1.82, 2.24) is 5.16 Å². The second-order valence-corrected chi connectivity index (χ2v) is 3.95. The van der Waals surface area contributed by atoms with Gasteiger partial charge in [-0.3, -0.25) is 4.79 Å². The summed E-state index contributed by atoms with van der Waals surface area (Å²) in [5.41, 5.74) is 1.26. The molecular formula is C13H13NO3. The molecule has 2 rings (SSSR count). The van der Waals surface area contributed by atoms with Gasteiger partial charge in [0, 0.05) is 18.1 Å². The Balaban J connectivity index is 2.01. The lowest BCUT2D eigenvalue weighted by atomic mass is 10.0. The summed E-state index contributed by atoms with van der Waals surface area (Å²) < 4.78 is 4.89. The largest absolute Gasteiger partial charge is 0.508 e. The number of aromatic nitrogens is 1. The van der Waals surface area contributed by atoms with Gasteiger partial charge in [-0.05, 0) is 13.0 Å². The van der Waals surface area contributed by atoms with E-state index >= 15 is 0 Å². The van der Waals surface area contributed by atoms with Gasteiger partial charge in [0.2, 0.25) is 0 Å². The zero-order valence-electron chi connectivity index (χ0n) is 9.51. The highest BCUT2D eigenvalue weighted by Crippen LogP contribution is 2.17. The Morgan fingerprint density at radius 1 is 1.35 bits per heavy atom. The fourth-order valence-electron chi connectivity index (χ4n) is 1.64. The number of aryl methyl sites for hydroxylation is 1. The Morgan fingerprint density at radius 2 is 2.12 bits per heavy atom. The first kappa shape index (κ1) is 11.4. The molecule has 0 atom stereocenters. The SMILES string of the molecule is Cc1cc(CC(=O)Cc2ccccc2O)no1. The summed E-state index contributed by atoms with van der Waals surface area (Å²) in [5.74, 6) is 0.840. The van der Waals surface area contributed by atoms with E-state index in [9.17, 15) is 9.90 Å². The highest BCUT2D eigenvalue weighted by Gasteiger charge is 2.10. The monoisotopic (exact) mass is 231 g/mol. The Morgan fingerprint density at radius 3 is 2.76 bits per heavy atom. The molecule has 88 valence electrons. The van der Waals surface area contributed by atoms with Gasteiger partial charge in [0.25, 0.3) is 0 Å². The van der Waals surface area contributed by atoms with Crippen LogP contribution in [0.2, 0.25) is 0 Å². The summed E-state index contributed by atoms with van der Waals surface area (Å²) in [6.07, 6.45) is 0.435. The molecule has 1 aromatic heterocycles. The highest BCUT2D eigenvalue weighted by atomic mass is 16.5. The second kappa shape index (κ2) is 4.82. The molecule has 17 heavy (non-hydrogen) atoms. The van der Waals surface area contributed by atoms with Crippen molar-refractivity contribution in [3.63, 3.8) is 0 Å². The van der Waals surface area contributed by atoms with Crippen molar-refractivity contribution >= 4 is 5.78 Å². The molecule has 4 nitrogen and oxygen atoms in total. The van der Waals surface area contributed by atoms with Crippen LogP contribution in [0.15, 0.2) is 34.9 Å². The quantitative estimate of drug-likeness (QED) is 0.874. The first-order valence-electron chi connectivity index (χ1n) is 5.36. The van der Waals surface area contributed by atoms with Crippen LogP contribution in [0.1, 0.15) is 17.0 Å². The molecule has 0 spiro atoms. The maximum Gasteiger partial charge on any atom is 0.143 e. The van der Waals surface area contributed by atoms with Gasteiger partial charge >= 0.3 is 0 Å². The normalized spacial score (nSPS) is 10.4. The van der Waals surface area contributed by atoms with E-state index in [4.69, 9.17) is 4.52 Å². The van der Waals surface area contributed by atoms with E-state index in [2.05, 4.69) is 5.16 Å². The molecule has 4 heteroatoms. The lowest BCUT2D eigenvalue weighted by molar-refractivity contribution is -0.117. The van der Waals surface area contributed by atoms with Crippen LogP contribution >= 0.6 is 0 Å². The van der Waals surface area contributed by atoms with Crippen molar-refractivity contribution in [2.75, 3.05) is 0 Å². The van der Waals surface area contributed by atoms with Crippen LogP contribution in [0, 0.1) is 6.92 Å². The lowest BCUT2D eigenvalue weighted by Gasteiger charge is -2.02. The molecule has 0 unspecified atom stereocenters. The molecule has 1 aromatic carbocycles. The van der Waals surface area contributed by atoms with E-state index in [1.54, 1.807) is 37.3 Å². The first-order chi connectivity index (χ1) is 8.15. The number of hydrogen-bond acceptors (Lipinski definition) is 4. The smallest absolute Gasteiger partial charge is 0.143 e. The number of ketones is 1. The van der Waals surface area contributed by atoms with Gasteiger partial charge in [-0.2, -0.15) is 0 Å². The Hall–Kier alpha value is -2.10. The average Bonchev–Trinajstić information content (AvgIpc) is 2.67. The third-order valence-electron chi connectivity index (χ3n) is 2.43. The van der Waals surface area contributed by atoms with Crippen LogP contribution in [0.5, 0.6) is 5.75 Å². The summed E-state index contributed by atoms with van der Waals surface area (Å²) in [4.78, 5) is 11.8. The number of rotatable bonds is 4. The minimum Gasteiger partial charge on any atom is -0.508 e. The number of aromatic hydroxyl groups is 1. The fourth-order valence-corrected chi connectivity index (χ4v) is 1.64. The van der Waals surface area contributed by atoms with Crippen molar-refractivity contribution in [3.05, 3.63) is 47.3 Å². The predicted molar refractivity (Wildman–Crippen MR) is 61.8 cm³/mol. The molecule has 0 amide bonds. The standard InChI is InChI=1S/C13H13NO3/c1-9-6-11(14-17-9)8-12(15)7-10-4-2-3-5-13(10)16/h2-6,16H,7-8H2,1H3. The van der Waals surface area contributed by atoms with E-state index < -0.39 is 0 Å². The molecule has 0 saturated heterocycles. The third-order valence-corrected chi connectivity index (χ3v) is 2.43. The summed E-state index contributed by atoms with van der Waals surface area (Å²) in [6.45, 7) is 1.78. The van der Waals surface area contributed by atoms with Crippen molar-refractivity contribution in [2.45, 2.75) is 19.8 Å². The number of carbonyl (C=O) groups excluding carboxylic acids is 1. The Kier molecular flexibility index (Phi) is 3.23. The van der Waals surface area contributed by atoms with E-state index in [-0.39, 0.29) is 24.4 Å². The summed E-state index contributed by atoms with van der Waals surface area (Å²) in [7, 11) is 0. The van der Waals surface area contributed by atoms with Crippen LogP contribution in [0.25, 0.3) is 0 Å². The Labute approximate surface area is 98.9 Å². The summed E-state index contributed by atoms with van der Waals surface area (Å²) in [6, 6.07) is 8.57. The molecule has 0 saturated carbocycles.